The second-order valence-electron chi connectivity index (χ2n) is 4.48. The molecule has 0 bridgehead atoms. The molecule has 1 saturated heterocycles. The van der Waals surface area contributed by atoms with Crippen LogP contribution in [0.4, 0.5) is 0 Å². The van der Waals surface area contributed by atoms with Crippen molar-refractivity contribution in [3.05, 3.63) is 33.8 Å². The Morgan fingerprint density at radius 2 is 1.89 bits per heavy atom. The number of halogens is 3. The minimum absolute atomic E-state index is 0.224. The highest BCUT2D eigenvalue weighted by Crippen LogP contribution is 2.37. The minimum atomic E-state index is -3.10. The van der Waals surface area contributed by atoms with E-state index in [-0.39, 0.29) is 5.75 Å². The van der Waals surface area contributed by atoms with E-state index in [1.165, 1.54) is 0 Å². The van der Waals surface area contributed by atoms with Gasteiger partial charge >= 0.3 is 0 Å². The van der Waals surface area contributed by atoms with Crippen molar-refractivity contribution in [2.75, 3.05) is 5.75 Å². The van der Waals surface area contributed by atoms with Gasteiger partial charge in [-0.3, -0.25) is 0 Å². The van der Waals surface area contributed by atoms with Crippen molar-refractivity contribution >= 4 is 44.6 Å². The number of rotatable bonds is 2. The molecule has 1 aliphatic rings. The molecule has 18 heavy (non-hydrogen) atoms. The lowest BCUT2D eigenvalue weighted by Gasteiger charge is -2.26. The Morgan fingerprint density at radius 1 is 1.17 bits per heavy atom. The minimum Gasteiger partial charge on any atom is -0.228 e. The molecule has 0 N–H and O–H groups in total. The fourth-order valence-corrected chi connectivity index (χ4v) is 5.20. The molecular formula is C12H13Cl3O2S. The molecule has 2 atom stereocenters. The van der Waals surface area contributed by atoms with Crippen LogP contribution < -0.4 is 0 Å². The number of sulfone groups is 1. The molecule has 0 aromatic heterocycles. The summed E-state index contributed by atoms with van der Waals surface area (Å²) in [4.78, 5) is 0. The van der Waals surface area contributed by atoms with Crippen molar-refractivity contribution in [3.63, 3.8) is 0 Å². The van der Waals surface area contributed by atoms with E-state index >= 15 is 0 Å². The maximum Gasteiger partial charge on any atom is 0.154 e. The van der Waals surface area contributed by atoms with Gasteiger partial charge in [0.2, 0.25) is 0 Å². The van der Waals surface area contributed by atoms with Crippen LogP contribution in [0, 0.1) is 0 Å². The number of hydrogen-bond acceptors (Lipinski definition) is 2. The maximum absolute atomic E-state index is 12.0. The Balaban J connectivity index is 2.30. The molecule has 2 nitrogen and oxygen atoms in total. The van der Waals surface area contributed by atoms with Gasteiger partial charge in [0.05, 0.1) is 26.4 Å². The van der Waals surface area contributed by atoms with Crippen LogP contribution in [0.2, 0.25) is 10.0 Å². The van der Waals surface area contributed by atoms with Gasteiger partial charge in [-0.25, -0.2) is 8.42 Å². The molecule has 100 valence electrons. The second kappa shape index (κ2) is 5.58. The van der Waals surface area contributed by atoms with E-state index in [0.717, 1.165) is 12.8 Å². The predicted molar refractivity (Wildman–Crippen MR) is 76.5 cm³/mol. The zero-order chi connectivity index (χ0) is 13.3. The van der Waals surface area contributed by atoms with Crippen LogP contribution >= 0.6 is 34.8 Å². The van der Waals surface area contributed by atoms with E-state index in [9.17, 15) is 8.42 Å². The summed E-state index contributed by atoms with van der Waals surface area (Å²) in [5, 5.41) is -0.251. The van der Waals surface area contributed by atoms with Gasteiger partial charge in [0, 0.05) is 0 Å². The summed E-state index contributed by atoms with van der Waals surface area (Å²) in [5.74, 6) is 0.224. The molecule has 0 amide bonds. The molecule has 2 rings (SSSR count). The zero-order valence-electron chi connectivity index (χ0n) is 9.57. The largest absolute Gasteiger partial charge is 0.228 e. The third kappa shape index (κ3) is 2.96. The monoisotopic (exact) mass is 326 g/mol. The molecule has 0 saturated carbocycles. The van der Waals surface area contributed by atoms with Crippen molar-refractivity contribution in [2.45, 2.75) is 29.9 Å². The summed E-state index contributed by atoms with van der Waals surface area (Å²) in [5.41, 5.74) is 0.710. The normalized spacial score (nSPS) is 24.7. The number of benzene rings is 1. The van der Waals surface area contributed by atoms with Gasteiger partial charge in [0.15, 0.2) is 9.84 Å². The highest BCUT2D eigenvalue weighted by molar-refractivity contribution is 7.92. The van der Waals surface area contributed by atoms with Crippen molar-refractivity contribution in [1.29, 1.82) is 0 Å². The topological polar surface area (TPSA) is 34.1 Å². The van der Waals surface area contributed by atoms with Crippen molar-refractivity contribution in [2.24, 2.45) is 0 Å². The smallest absolute Gasteiger partial charge is 0.154 e. The average Bonchev–Trinajstić information content (AvgIpc) is 2.31. The predicted octanol–water partition coefficient (Wildman–Crippen LogP) is 4.24. The van der Waals surface area contributed by atoms with Crippen molar-refractivity contribution in [3.8, 4) is 0 Å². The van der Waals surface area contributed by atoms with Crippen LogP contribution in [0.5, 0.6) is 0 Å². The van der Waals surface area contributed by atoms with E-state index in [0.29, 0.717) is 22.0 Å². The highest BCUT2D eigenvalue weighted by atomic mass is 35.5. The molecule has 2 unspecified atom stereocenters. The first-order chi connectivity index (χ1) is 8.42. The lowest BCUT2D eigenvalue weighted by molar-refractivity contribution is 0.534. The molecular weight excluding hydrogens is 315 g/mol. The molecule has 1 aliphatic heterocycles. The Kier molecular flexibility index (Phi) is 4.48. The van der Waals surface area contributed by atoms with E-state index in [2.05, 4.69) is 0 Å². The van der Waals surface area contributed by atoms with Crippen LogP contribution in [0.25, 0.3) is 0 Å². The van der Waals surface area contributed by atoms with Crippen molar-refractivity contribution < 1.29 is 8.42 Å². The Morgan fingerprint density at radius 3 is 2.50 bits per heavy atom. The van der Waals surface area contributed by atoms with E-state index < -0.39 is 20.5 Å². The van der Waals surface area contributed by atoms with Gasteiger partial charge in [-0.2, -0.15) is 0 Å². The summed E-state index contributed by atoms with van der Waals surface area (Å²) < 4.78 is 24.0. The van der Waals surface area contributed by atoms with Crippen LogP contribution in [0.1, 0.15) is 30.2 Å². The lowest BCUT2D eigenvalue weighted by Crippen LogP contribution is -2.31. The van der Waals surface area contributed by atoms with Crippen LogP contribution in [0.3, 0.4) is 0 Å². The summed E-state index contributed by atoms with van der Waals surface area (Å²) >= 11 is 18.1. The summed E-state index contributed by atoms with van der Waals surface area (Å²) in [6, 6.07) is 5.02. The van der Waals surface area contributed by atoms with Gasteiger partial charge in [0.25, 0.3) is 0 Å². The van der Waals surface area contributed by atoms with E-state index in [1.807, 2.05) is 0 Å². The van der Waals surface area contributed by atoms with Gasteiger partial charge < -0.3 is 0 Å². The third-order valence-electron chi connectivity index (χ3n) is 3.22. The quantitative estimate of drug-likeness (QED) is 0.761. The Bertz CT molecular complexity index is 542. The van der Waals surface area contributed by atoms with E-state index in [4.69, 9.17) is 34.8 Å². The molecule has 0 radical (unpaired) electrons. The van der Waals surface area contributed by atoms with Gasteiger partial charge in [-0.1, -0.05) is 35.7 Å². The Hall–Kier alpha value is 0.0400. The molecule has 6 heteroatoms. The number of hydrogen-bond donors (Lipinski definition) is 0. The number of alkyl halides is 1. The molecule has 1 heterocycles. The fourth-order valence-electron chi connectivity index (χ4n) is 2.21. The van der Waals surface area contributed by atoms with Crippen LogP contribution in [-0.4, -0.2) is 19.4 Å². The zero-order valence-corrected chi connectivity index (χ0v) is 12.7. The highest BCUT2D eigenvalue weighted by Gasteiger charge is 2.35. The summed E-state index contributed by atoms with van der Waals surface area (Å²) in [6.45, 7) is 0. The average molecular weight is 328 g/mol. The summed E-state index contributed by atoms with van der Waals surface area (Å²) in [7, 11) is -3.10. The van der Waals surface area contributed by atoms with Crippen molar-refractivity contribution in [1.82, 2.24) is 0 Å². The van der Waals surface area contributed by atoms with Gasteiger partial charge in [-0.15, -0.1) is 11.6 Å². The fraction of sp³-hybridized carbons (Fsp3) is 0.500. The first-order valence-corrected chi connectivity index (χ1v) is 8.63. The first-order valence-electron chi connectivity index (χ1n) is 5.72. The van der Waals surface area contributed by atoms with Gasteiger partial charge in [-0.05, 0) is 30.5 Å². The molecule has 1 fully saturated rings. The molecule has 1 aromatic rings. The SMILES string of the molecule is O=S1(=O)CCCCC1C(Cl)c1ccc(Cl)c(Cl)c1. The molecule has 0 aliphatic carbocycles. The third-order valence-corrected chi connectivity index (χ3v) is 6.95. The standard InChI is InChI=1S/C12H13Cl3O2S/c13-9-5-4-8(7-10(9)14)12(15)11-3-1-2-6-18(11,16)17/h4-5,7,11-12H,1-3,6H2. The summed E-state index contributed by atoms with van der Waals surface area (Å²) in [6.07, 6.45) is 2.23. The first kappa shape index (κ1) is 14.4. The van der Waals surface area contributed by atoms with Gasteiger partial charge in [0.1, 0.15) is 0 Å². The van der Waals surface area contributed by atoms with Crippen LogP contribution in [0.15, 0.2) is 18.2 Å². The second-order valence-corrected chi connectivity index (χ2v) is 8.10. The Labute approximate surface area is 122 Å². The van der Waals surface area contributed by atoms with Crippen LogP contribution in [-0.2, 0) is 9.84 Å². The maximum atomic E-state index is 12.0. The van der Waals surface area contributed by atoms with E-state index in [1.54, 1.807) is 18.2 Å². The molecule has 0 spiro atoms. The lowest BCUT2D eigenvalue weighted by atomic mass is 10.0. The molecule has 1 aromatic carbocycles.